The minimum atomic E-state index is 0.342. The largest absolute Gasteiger partial charge is 0.490 e. The standard InChI is InChI=1S/C15H23NO2/c1-16-13-6-4-8-15(10-13)18-14-7-3-5-12(9-14)11-17-2/h3,5,7,9,13,15-16H,4,6,8,10-11H2,1-2H3. The molecule has 1 aliphatic carbocycles. The SMILES string of the molecule is CNC1CCCC(Oc2cccc(COC)c2)C1. The number of benzene rings is 1. The van der Waals surface area contributed by atoms with Gasteiger partial charge in [-0.05, 0) is 50.4 Å². The number of methoxy groups -OCH3 is 1. The molecule has 3 nitrogen and oxygen atoms in total. The second-order valence-electron chi connectivity index (χ2n) is 4.97. The molecule has 0 bridgehead atoms. The Labute approximate surface area is 109 Å². The van der Waals surface area contributed by atoms with E-state index in [0.717, 1.165) is 24.2 Å². The van der Waals surface area contributed by atoms with Crippen molar-refractivity contribution in [1.29, 1.82) is 0 Å². The molecule has 0 amide bonds. The summed E-state index contributed by atoms with van der Waals surface area (Å²) < 4.78 is 11.2. The van der Waals surface area contributed by atoms with Crippen LogP contribution in [0.5, 0.6) is 5.75 Å². The molecule has 2 atom stereocenters. The van der Waals surface area contributed by atoms with Crippen LogP contribution in [0, 0.1) is 0 Å². The predicted octanol–water partition coefficient (Wildman–Crippen LogP) is 2.74. The Kier molecular flexibility index (Phi) is 5.02. The normalized spacial score (nSPS) is 23.9. The van der Waals surface area contributed by atoms with Gasteiger partial charge in [-0.25, -0.2) is 0 Å². The number of hydrogen-bond donors (Lipinski definition) is 1. The fourth-order valence-electron chi connectivity index (χ4n) is 2.58. The van der Waals surface area contributed by atoms with E-state index in [4.69, 9.17) is 9.47 Å². The van der Waals surface area contributed by atoms with E-state index in [-0.39, 0.29) is 0 Å². The maximum absolute atomic E-state index is 6.08. The minimum absolute atomic E-state index is 0.342. The van der Waals surface area contributed by atoms with Gasteiger partial charge in [0.1, 0.15) is 11.9 Å². The molecule has 0 radical (unpaired) electrons. The van der Waals surface area contributed by atoms with Crippen LogP contribution in [0.3, 0.4) is 0 Å². The molecule has 18 heavy (non-hydrogen) atoms. The van der Waals surface area contributed by atoms with Gasteiger partial charge in [0.15, 0.2) is 0 Å². The molecule has 100 valence electrons. The smallest absolute Gasteiger partial charge is 0.120 e. The Bertz CT molecular complexity index is 367. The number of ether oxygens (including phenoxy) is 2. The Morgan fingerprint density at radius 1 is 1.33 bits per heavy atom. The summed E-state index contributed by atoms with van der Waals surface area (Å²) >= 11 is 0. The Balaban J connectivity index is 1.93. The average molecular weight is 249 g/mol. The van der Waals surface area contributed by atoms with E-state index in [2.05, 4.69) is 17.4 Å². The zero-order valence-corrected chi connectivity index (χ0v) is 11.3. The van der Waals surface area contributed by atoms with Crippen LogP contribution in [-0.2, 0) is 11.3 Å². The van der Waals surface area contributed by atoms with Gasteiger partial charge in [-0.3, -0.25) is 0 Å². The van der Waals surface area contributed by atoms with Gasteiger partial charge < -0.3 is 14.8 Å². The van der Waals surface area contributed by atoms with E-state index in [1.54, 1.807) is 7.11 Å². The van der Waals surface area contributed by atoms with Crippen LogP contribution >= 0.6 is 0 Å². The van der Waals surface area contributed by atoms with Crippen LogP contribution in [0.25, 0.3) is 0 Å². The Morgan fingerprint density at radius 2 is 2.22 bits per heavy atom. The van der Waals surface area contributed by atoms with E-state index in [1.165, 1.54) is 12.8 Å². The van der Waals surface area contributed by atoms with Crippen LogP contribution < -0.4 is 10.1 Å². The number of rotatable bonds is 5. The van der Waals surface area contributed by atoms with Crippen LogP contribution in [0.1, 0.15) is 31.2 Å². The van der Waals surface area contributed by atoms with Crippen molar-refractivity contribution in [3.05, 3.63) is 29.8 Å². The van der Waals surface area contributed by atoms with Gasteiger partial charge in [-0.2, -0.15) is 0 Å². The maximum atomic E-state index is 6.08. The van der Waals surface area contributed by atoms with E-state index >= 15 is 0 Å². The van der Waals surface area contributed by atoms with Crippen LogP contribution in [-0.4, -0.2) is 26.3 Å². The molecule has 0 aliphatic heterocycles. The summed E-state index contributed by atoms with van der Waals surface area (Å²) in [7, 11) is 3.75. The van der Waals surface area contributed by atoms with Gasteiger partial charge in [0.2, 0.25) is 0 Å². The first-order chi connectivity index (χ1) is 8.81. The molecular formula is C15H23NO2. The van der Waals surface area contributed by atoms with Gasteiger partial charge in [-0.15, -0.1) is 0 Å². The lowest BCUT2D eigenvalue weighted by Gasteiger charge is -2.29. The molecule has 0 heterocycles. The van der Waals surface area contributed by atoms with Crippen molar-refractivity contribution in [1.82, 2.24) is 5.32 Å². The molecule has 0 aromatic heterocycles. The summed E-state index contributed by atoms with van der Waals surface area (Å²) in [5.74, 6) is 0.964. The zero-order chi connectivity index (χ0) is 12.8. The van der Waals surface area contributed by atoms with Crippen molar-refractivity contribution in [2.75, 3.05) is 14.2 Å². The van der Waals surface area contributed by atoms with Crippen molar-refractivity contribution in [3.8, 4) is 5.75 Å². The molecule has 0 saturated heterocycles. The molecule has 2 rings (SSSR count). The summed E-state index contributed by atoms with van der Waals surface area (Å²) in [6.07, 6.45) is 5.11. The summed E-state index contributed by atoms with van der Waals surface area (Å²) in [5.41, 5.74) is 1.16. The predicted molar refractivity (Wildman–Crippen MR) is 72.9 cm³/mol. The van der Waals surface area contributed by atoms with Gasteiger partial charge in [0.25, 0.3) is 0 Å². The third kappa shape index (κ3) is 3.72. The molecule has 0 spiro atoms. The highest BCUT2D eigenvalue weighted by atomic mass is 16.5. The van der Waals surface area contributed by atoms with E-state index < -0.39 is 0 Å². The maximum Gasteiger partial charge on any atom is 0.120 e. The molecule has 2 unspecified atom stereocenters. The van der Waals surface area contributed by atoms with Crippen LogP contribution in [0.15, 0.2) is 24.3 Å². The highest BCUT2D eigenvalue weighted by Crippen LogP contribution is 2.24. The summed E-state index contributed by atoms with van der Waals surface area (Å²) in [6, 6.07) is 8.80. The molecule has 1 fully saturated rings. The van der Waals surface area contributed by atoms with Gasteiger partial charge in [0, 0.05) is 13.2 Å². The van der Waals surface area contributed by atoms with Crippen molar-refractivity contribution >= 4 is 0 Å². The van der Waals surface area contributed by atoms with Crippen molar-refractivity contribution in [2.45, 2.75) is 44.4 Å². The third-order valence-electron chi connectivity index (χ3n) is 3.55. The lowest BCUT2D eigenvalue weighted by atomic mass is 9.93. The molecule has 1 saturated carbocycles. The Hall–Kier alpha value is -1.06. The van der Waals surface area contributed by atoms with Crippen molar-refractivity contribution in [2.24, 2.45) is 0 Å². The van der Waals surface area contributed by atoms with E-state index in [0.29, 0.717) is 18.8 Å². The molecule has 1 aliphatic rings. The lowest BCUT2D eigenvalue weighted by Crippen LogP contribution is -2.36. The van der Waals surface area contributed by atoms with Crippen molar-refractivity contribution in [3.63, 3.8) is 0 Å². The second kappa shape index (κ2) is 6.76. The van der Waals surface area contributed by atoms with Gasteiger partial charge in [0.05, 0.1) is 6.61 Å². The van der Waals surface area contributed by atoms with Gasteiger partial charge in [-0.1, -0.05) is 12.1 Å². The molecule has 3 heteroatoms. The highest BCUT2D eigenvalue weighted by Gasteiger charge is 2.21. The van der Waals surface area contributed by atoms with Crippen LogP contribution in [0.2, 0.25) is 0 Å². The molecule has 1 aromatic carbocycles. The van der Waals surface area contributed by atoms with Crippen molar-refractivity contribution < 1.29 is 9.47 Å². The van der Waals surface area contributed by atoms with E-state index in [1.807, 2.05) is 19.2 Å². The summed E-state index contributed by atoms with van der Waals surface area (Å²) in [4.78, 5) is 0. The monoisotopic (exact) mass is 249 g/mol. The molecular weight excluding hydrogens is 226 g/mol. The first-order valence-corrected chi connectivity index (χ1v) is 6.73. The van der Waals surface area contributed by atoms with Gasteiger partial charge >= 0.3 is 0 Å². The average Bonchev–Trinajstić information content (AvgIpc) is 2.40. The number of hydrogen-bond acceptors (Lipinski definition) is 3. The number of nitrogens with one attached hydrogen (secondary N) is 1. The quantitative estimate of drug-likeness (QED) is 0.870. The fraction of sp³-hybridized carbons (Fsp3) is 0.600. The topological polar surface area (TPSA) is 30.5 Å². The first kappa shape index (κ1) is 13.4. The lowest BCUT2D eigenvalue weighted by molar-refractivity contribution is 0.136. The highest BCUT2D eigenvalue weighted by molar-refractivity contribution is 5.28. The molecule has 1 N–H and O–H groups in total. The molecule has 1 aromatic rings. The second-order valence-corrected chi connectivity index (χ2v) is 4.97. The Morgan fingerprint density at radius 3 is 3.00 bits per heavy atom. The first-order valence-electron chi connectivity index (χ1n) is 6.73. The zero-order valence-electron chi connectivity index (χ0n) is 11.3. The third-order valence-corrected chi connectivity index (χ3v) is 3.55. The van der Waals surface area contributed by atoms with E-state index in [9.17, 15) is 0 Å². The summed E-state index contributed by atoms with van der Waals surface area (Å²) in [6.45, 7) is 0.640. The van der Waals surface area contributed by atoms with Crippen LogP contribution in [0.4, 0.5) is 0 Å². The summed E-state index contributed by atoms with van der Waals surface area (Å²) in [5, 5.41) is 3.35. The minimum Gasteiger partial charge on any atom is -0.490 e. The fourth-order valence-corrected chi connectivity index (χ4v) is 2.58.